The van der Waals surface area contributed by atoms with Crippen LogP contribution in [0.4, 0.5) is 0 Å². The van der Waals surface area contributed by atoms with E-state index in [4.69, 9.17) is 10.5 Å². The largest absolute Gasteiger partial charge is 0.462 e. The van der Waals surface area contributed by atoms with Gasteiger partial charge in [0, 0.05) is 24.8 Å². The second kappa shape index (κ2) is 11.5. The molecular formula is C32H58N2O3. The summed E-state index contributed by atoms with van der Waals surface area (Å²) in [5.74, 6) is 4.19. The fourth-order valence-electron chi connectivity index (χ4n) is 10.3. The van der Waals surface area contributed by atoms with Crippen LogP contribution < -0.4 is 11.1 Å². The van der Waals surface area contributed by atoms with E-state index < -0.39 is 5.60 Å². The molecule has 0 saturated heterocycles. The van der Waals surface area contributed by atoms with Gasteiger partial charge in [-0.3, -0.25) is 4.79 Å². The molecule has 5 nitrogen and oxygen atoms in total. The zero-order valence-electron chi connectivity index (χ0n) is 24.9. The number of nitrogens with one attached hydrogen (secondary N) is 1. The lowest BCUT2D eigenvalue weighted by Gasteiger charge is -2.66. The predicted octanol–water partition coefficient (Wildman–Crippen LogP) is 6.07. The van der Waals surface area contributed by atoms with Gasteiger partial charge < -0.3 is 20.9 Å². The van der Waals surface area contributed by atoms with Gasteiger partial charge in [0.15, 0.2) is 0 Å². The summed E-state index contributed by atoms with van der Waals surface area (Å²) in [5.41, 5.74) is 5.28. The summed E-state index contributed by atoms with van der Waals surface area (Å²) in [6.45, 7) is 15.3. The van der Waals surface area contributed by atoms with Gasteiger partial charge in [-0.2, -0.15) is 0 Å². The van der Waals surface area contributed by atoms with Gasteiger partial charge in [-0.25, -0.2) is 0 Å². The third-order valence-electron chi connectivity index (χ3n) is 12.2. The van der Waals surface area contributed by atoms with Gasteiger partial charge in [-0.05, 0) is 105 Å². The molecule has 0 amide bonds. The maximum atomic E-state index is 12.5. The monoisotopic (exact) mass is 518 g/mol. The highest BCUT2D eigenvalue weighted by atomic mass is 16.5. The normalized spacial score (nSPS) is 44.1. The highest BCUT2D eigenvalue weighted by Gasteiger charge is 2.67. The Balaban J connectivity index is 1.57. The molecule has 0 aromatic carbocycles. The summed E-state index contributed by atoms with van der Waals surface area (Å²) in [4.78, 5) is 11.8. The van der Waals surface area contributed by atoms with E-state index in [9.17, 15) is 9.90 Å². The van der Waals surface area contributed by atoms with Crippen molar-refractivity contribution in [2.75, 3.05) is 13.1 Å². The average molecular weight is 519 g/mol. The van der Waals surface area contributed by atoms with Gasteiger partial charge in [-0.15, -0.1) is 0 Å². The Hall–Kier alpha value is -0.650. The highest BCUT2D eigenvalue weighted by molar-refractivity contribution is 5.66. The molecule has 0 aromatic rings. The van der Waals surface area contributed by atoms with E-state index in [1.165, 1.54) is 51.9 Å². The van der Waals surface area contributed by atoms with Crippen LogP contribution in [-0.2, 0) is 9.53 Å². The van der Waals surface area contributed by atoms with Gasteiger partial charge in [0.25, 0.3) is 0 Å². The van der Waals surface area contributed by atoms with E-state index in [1.54, 1.807) is 0 Å². The van der Waals surface area contributed by atoms with E-state index in [-0.39, 0.29) is 23.5 Å². The first-order valence-corrected chi connectivity index (χ1v) is 15.8. The lowest BCUT2D eigenvalue weighted by atomic mass is 9.42. The summed E-state index contributed by atoms with van der Waals surface area (Å²) in [6.07, 6.45) is 13.5. The number of esters is 1. The number of ether oxygens (including phenoxy) is 1. The molecule has 4 aliphatic rings. The second-order valence-corrected chi connectivity index (χ2v) is 14.6. The van der Waals surface area contributed by atoms with Gasteiger partial charge in [0.1, 0.15) is 6.10 Å². The van der Waals surface area contributed by atoms with Gasteiger partial charge in [0.05, 0.1) is 5.60 Å². The van der Waals surface area contributed by atoms with Crippen LogP contribution in [0.25, 0.3) is 0 Å². The van der Waals surface area contributed by atoms with Crippen LogP contribution in [-0.4, -0.2) is 41.9 Å². The average Bonchev–Trinajstić information content (AvgIpc) is 3.17. The van der Waals surface area contributed by atoms with E-state index in [0.29, 0.717) is 30.2 Å². The van der Waals surface area contributed by atoms with Crippen molar-refractivity contribution in [3.05, 3.63) is 0 Å². The molecule has 0 aliphatic heterocycles. The maximum Gasteiger partial charge on any atom is 0.302 e. The second-order valence-electron chi connectivity index (χ2n) is 14.6. The third kappa shape index (κ3) is 5.40. The molecule has 5 heteroatoms. The molecular weight excluding hydrogens is 460 g/mol. The van der Waals surface area contributed by atoms with E-state index in [1.807, 2.05) is 0 Å². The van der Waals surface area contributed by atoms with Crippen molar-refractivity contribution < 1.29 is 14.6 Å². The molecule has 0 radical (unpaired) electrons. The van der Waals surface area contributed by atoms with Gasteiger partial charge in [0.2, 0.25) is 0 Å². The number of hydrogen-bond acceptors (Lipinski definition) is 5. The van der Waals surface area contributed by atoms with Crippen LogP contribution in [0.5, 0.6) is 0 Å². The van der Waals surface area contributed by atoms with Crippen LogP contribution in [0.15, 0.2) is 0 Å². The number of nitrogens with two attached hydrogens (primary N) is 1. The number of fused-ring (bicyclic) bond motifs is 5. The number of carbonyl (C=O) groups excluding carboxylic acids is 1. The number of aliphatic hydroxyl groups is 1. The maximum absolute atomic E-state index is 12.5. The first-order valence-electron chi connectivity index (χ1n) is 15.8. The molecule has 4 fully saturated rings. The van der Waals surface area contributed by atoms with Crippen molar-refractivity contribution >= 4 is 5.97 Å². The van der Waals surface area contributed by atoms with Crippen molar-refractivity contribution in [3.63, 3.8) is 0 Å². The zero-order valence-corrected chi connectivity index (χ0v) is 24.9. The van der Waals surface area contributed by atoms with Crippen LogP contribution in [0.1, 0.15) is 119 Å². The Kier molecular flexibility index (Phi) is 9.08. The van der Waals surface area contributed by atoms with Gasteiger partial charge in [-0.1, -0.05) is 53.9 Å². The minimum absolute atomic E-state index is 0.0357. The summed E-state index contributed by atoms with van der Waals surface area (Å²) < 4.78 is 5.69. The Morgan fingerprint density at radius 3 is 2.49 bits per heavy atom. The molecule has 214 valence electrons. The molecule has 4 rings (SSSR count). The number of rotatable bonds is 10. The summed E-state index contributed by atoms with van der Waals surface area (Å²) in [7, 11) is 0. The fraction of sp³-hybridized carbons (Fsp3) is 0.969. The molecule has 4 N–H and O–H groups in total. The molecule has 0 heterocycles. The fourth-order valence-corrected chi connectivity index (χ4v) is 10.3. The van der Waals surface area contributed by atoms with Gasteiger partial charge >= 0.3 is 5.97 Å². The molecule has 0 bridgehead atoms. The molecule has 37 heavy (non-hydrogen) atoms. The number of hydrogen-bond donors (Lipinski definition) is 3. The Labute approximate surface area is 227 Å². The quantitative estimate of drug-likeness (QED) is 0.241. The lowest BCUT2D eigenvalue weighted by molar-refractivity contribution is -0.237. The van der Waals surface area contributed by atoms with E-state index in [2.05, 4.69) is 39.9 Å². The highest BCUT2D eigenvalue weighted by Crippen LogP contribution is 2.69. The van der Waals surface area contributed by atoms with Crippen LogP contribution in [0.2, 0.25) is 0 Å². The minimum Gasteiger partial charge on any atom is -0.462 e. The van der Waals surface area contributed by atoms with Crippen molar-refractivity contribution in [3.8, 4) is 0 Å². The summed E-state index contributed by atoms with van der Waals surface area (Å²) in [6, 6.07) is 0.0357. The molecule has 0 spiro atoms. The molecule has 1 unspecified atom stereocenters. The van der Waals surface area contributed by atoms with Crippen molar-refractivity contribution in [1.82, 2.24) is 5.32 Å². The zero-order chi connectivity index (χ0) is 27.0. The molecule has 10 atom stereocenters. The number of carbonyl (C=O) groups is 1. The van der Waals surface area contributed by atoms with Crippen molar-refractivity contribution in [2.24, 2.45) is 52.1 Å². The van der Waals surface area contributed by atoms with Crippen LogP contribution >= 0.6 is 0 Å². The van der Waals surface area contributed by atoms with Crippen molar-refractivity contribution in [2.45, 2.75) is 136 Å². The van der Waals surface area contributed by atoms with Crippen LogP contribution in [0.3, 0.4) is 0 Å². The molecule has 0 aromatic heterocycles. The first-order chi connectivity index (χ1) is 17.5. The SMILES string of the molecule is CC(=O)O[C@H]1CC[C@]2(C)[C@H]3CC[C@]4(C)[C@@H]([C@H](C)CCCC(C)C)CC[C@H]4C3C[C@@H](NCCCN)[C@@]2(O)C1. The van der Waals surface area contributed by atoms with Crippen molar-refractivity contribution in [1.29, 1.82) is 0 Å². The van der Waals surface area contributed by atoms with E-state index >= 15 is 0 Å². The minimum atomic E-state index is -0.850. The predicted molar refractivity (Wildman–Crippen MR) is 151 cm³/mol. The lowest BCUT2D eigenvalue weighted by Crippen LogP contribution is -2.71. The summed E-state index contributed by atoms with van der Waals surface area (Å²) >= 11 is 0. The molecule has 4 aliphatic carbocycles. The standard InChI is InChI=1S/C32H58N2O3/c1-21(2)9-7-10-22(3)26-11-12-27-25-19-29(34-18-8-17-33)32(36)20-24(37-23(4)35)13-16-31(32,6)28(25)14-15-30(26,27)5/h21-22,24-29,34,36H,7-20,33H2,1-6H3/t22-,24+,25?,26-,27+,28+,29-,30-,31-,32+/m1/s1. The Morgan fingerprint density at radius 2 is 1.81 bits per heavy atom. The van der Waals surface area contributed by atoms with E-state index in [0.717, 1.165) is 55.9 Å². The smallest absolute Gasteiger partial charge is 0.302 e. The topological polar surface area (TPSA) is 84.6 Å². The summed E-state index contributed by atoms with van der Waals surface area (Å²) in [5, 5.41) is 16.3. The first kappa shape index (κ1) is 29.3. The molecule has 4 saturated carbocycles. The Bertz CT molecular complexity index is 788. The third-order valence-corrected chi connectivity index (χ3v) is 12.2. The Morgan fingerprint density at radius 1 is 1.05 bits per heavy atom. The van der Waals surface area contributed by atoms with Crippen LogP contribution in [0, 0.1) is 46.3 Å².